The topological polar surface area (TPSA) is 114 Å². The molecule has 1 aromatic rings. The maximum atomic E-state index is 15.6. The Labute approximate surface area is 417 Å². The molecule has 0 heterocycles. The summed E-state index contributed by atoms with van der Waals surface area (Å²) in [6, 6.07) is -1.03. The zero-order valence-electron chi connectivity index (χ0n) is 36.7. The highest BCUT2D eigenvalue weighted by molar-refractivity contribution is 6.04. The van der Waals surface area contributed by atoms with Crippen LogP contribution in [0.15, 0.2) is 16.1 Å². The quantitative estimate of drug-likeness (QED) is 0.0364. The van der Waals surface area contributed by atoms with Crippen LogP contribution in [0.25, 0.3) is 0 Å². The second-order valence-corrected chi connectivity index (χ2v) is 15.4. The first-order valence-electron chi connectivity index (χ1n) is 18.4. The molecule has 1 N–H and O–H groups in total. The van der Waals surface area contributed by atoms with Gasteiger partial charge in [-0.25, -0.2) is 9.59 Å². The molecule has 0 saturated carbocycles. The fourth-order valence-electron chi connectivity index (χ4n) is 5.60. The van der Waals surface area contributed by atoms with Gasteiger partial charge in [0.15, 0.2) is 6.73 Å². The van der Waals surface area contributed by atoms with Crippen molar-refractivity contribution in [1.82, 2.24) is 5.32 Å². The standard InChI is InChI=1S/C33H10F41N3O5/c1-7-3-9(10(13(81)77-6-82-8(2)80)12(76-5-79)11(7)75-4-78)14(34,35)15(36,37)16(38,39)17(40,41)18(42,43)19(44,45)20(46,47)21(48,49)22(50,51)23(52,53)24(54,55)25(56,57)26(58,59)27(60,61)28(62,63)29(64,65)30(66,67)31(68,69)32(70,71)33(72,73)74/h3H,6H2,1-2H3,(H,77,81). The number of alkyl halides is 41. The lowest BCUT2D eigenvalue weighted by atomic mass is 9.81. The molecule has 0 unspecified atom stereocenters. The molecule has 0 aliphatic carbocycles. The molecule has 1 aromatic carbocycles. The molecule has 0 aromatic heterocycles. The van der Waals surface area contributed by atoms with Gasteiger partial charge in [0.1, 0.15) is 11.4 Å². The Morgan fingerprint density at radius 2 is 0.610 bits per heavy atom. The number of aliphatic imine (C=N–C) groups is 2. The van der Waals surface area contributed by atoms with E-state index < -0.39 is 171 Å². The minimum Gasteiger partial charge on any atom is -0.445 e. The second kappa shape index (κ2) is 20.1. The molecule has 0 fully saturated rings. The summed E-state index contributed by atoms with van der Waals surface area (Å²) in [5.41, 5.74) is -12.0. The van der Waals surface area contributed by atoms with Crippen molar-refractivity contribution in [2.45, 2.75) is 133 Å². The molecular formula is C33H10F41N3O5. The molecule has 0 bridgehead atoms. The van der Waals surface area contributed by atoms with Gasteiger partial charge < -0.3 is 10.1 Å². The summed E-state index contributed by atoms with van der Waals surface area (Å²) in [5, 5.41) is 0.980. The molecule has 0 spiro atoms. The van der Waals surface area contributed by atoms with Gasteiger partial charge in [-0.2, -0.15) is 190 Å². The lowest BCUT2D eigenvalue weighted by Gasteiger charge is -2.47. The summed E-state index contributed by atoms with van der Waals surface area (Å²) in [6.45, 7) is -1.34. The third-order valence-electron chi connectivity index (χ3n) is 10.3. The van der Waals surface area contributed by atoms with E-state index >= 15 is 17.6 Å². The fraction of sp³-hybridized carbons (Fsp3) is 0.697. The van der Waals surface area contributed by atoms with Crippen molar-refractivity contribution in [3.63, 3.8) is 0 Å². The van der Waals surface area contributed by atoms with Crippen LogP contribution in [0.1, 0.15) is 28.4 Å². The lowest BCUT2D eigenvalue weighted by Crippen LogP contribution is -2.80. The molecule has 82 heavy (non-hydrogen) atoms. The predicted molar refractivity (Wildman–Crippen MR) is 170 cm³/mol. The molecule has 8 nitrogen and oxygen atoms in total. The molecule has 1 amide bonds. The molecule has 474 valence electrons. The monoisotopic (exact) mass is 1310 g/mol. The SMILES string of the molecule is CC(=O)OCNC(=O)c1c(C(F)(F)C(F)(F)C(F)(F)C(F)(F)C(F)(F)C(F)(F)C(F)(F)C(F)(F)C(F)(F)C(F)(F)C(F)(F)C(F)(F)C(F)(F)C(F)(F)C(F)(F)C(F)(F)C(F)(F)C(F)(F)C(F)(F)C(F)(F)F)cc(C)c(N=C=O)c1N=C=O. The van der Waals surface area contributed by atoms with Crippen LogP contribution in [0.4, 0.5) is 191 Å². The van der Waals surface area contributed by atoms with Gasteiger partial charge in [-0.3, -0.25) is 9.59 Å². The van der Waals surface area contributed by atoms with Crippen LogP contribution in [-0.4, -0.2) is 144 Å². The van der Waals surface area contributed by atoms with Gasteiger partial charge in [0.2, 0.25) is 12.2 Å². The van der Waals surface area contributed by atoms with Crippen LogP contribution >= 0.6 is 0 Å². The van der Waals surface area contributed by atoms with Crippen LogP contribution in [0.5, 0.6) is 0 Å². The number of rotatable bonds is 24. The number of hydrogen-bond donors (Lipinski definition) is 1. The molecular weight excluding hydrogens is 1300 g/mol. The minimum atomic E-state index is -10.7. The number of nitrogens with one attached hydrogen (secondary N) is 1. The number of halogens is 41. The molecule has 0 saturated heterocycles. The van der Waals surface area contributed by atoms with Crippen molar-refractivity contribution in [2.24, 2.45) is 9.98 Å². The third-order valence-corrected chi connectivity index (χ3v) is 10.3. The number of amides is 1. The van der Waals surface area contributed by atoms with Crippen molar-refractivity contribution in [2.75, 3.05) is 6.73 Å². The van der Waals surface area contributed by atoms with E-state index in [1.807, 2.05) is 0 Å². The van der Waals surface area contributed by atoms with Crippen LogP contribution < -0.4 is 5.32 Å². The van der Waals surface area contributed by atoms with E-state index in [0.29, 0.717) is 13.0 Å². The number of esters is 1. The molecule has 0 radical (unpaired) electrons. The van der Waals surface area contributed by atoms with Gasteiger partial charge in [-0.15, -0.1) is 0 Å². The van der Waals surface area contributed by atoms with Gasteiger partial charge >= 0.3 is 125 Å². The van der Waals surface area contributed by atoms with Gasteiger partial charge in [0.25, 0.3) is 5.91 Å². The fourth-order valence-corrected chi connectivity index (χ4v) is 5.60. The highest BCUT2D eigenvalue weighted by Crippen LogP contribution is 2.72. The van der Waals surface area contributed by atoms with E-state index in [0.717, 1.165) is 5.32 Å². The first kappa shape index (κ1) is 74.1. The summed E-state index contributed by atoms with van der Waals surface area (Å²) in [6.07, 6.45) is -7.95. The van der Waals surface area contributed by atoms with Crippen LogP contribution in [0.3, 0.4) is 0 Å². The van der Waals surface area contributed by atoms with E-state index in [1.165, 1.54) is 0 Å². The Balaban J connectivity index is 4.35. The summed E-state index contributed by atoms with van der Waals surface area (Å²) in [4.78, 5) is 50.3. The number of carbonyl (C=O) groups excluding carboxylic acids is 4. The Bertz CT molecular complexity index is 2710. The molecule has 0 aliphatic rings. The Hall–Kier alpha value is -5.95. The van der Waals surface area contributed by atoms with E-state index in [2.05, 4.69) is 14.7 Å². The minimum absolute atomic E-state index is 0.0668. The highest BCUT2D eigenvalue weighted by Gasteiger charge is 3.03. The first-order chi connectivity index (χ1) is 35.4. The predicted octanol–water partition coefficient (Wildman–Crippen LogP) is 14.3. The molecule has 0 aliphatic heterocycles. The third kappa shape index (κ3) is 9.22. The van der Waals surface area contributed by atoms with Gasteiger partial charge in [-0.05, 0) is 18.6 Å². The number of carbonyl (C=O) groups is 2. The number of ether oxygens (including phenoxy) is 1. The summed E-state index contributed by atoms with van der Waals surface area (Å²) in [7, 11) is 0. The van der Waals surface area contributed by atoms with Gasteiger partial charge in [-0.1, -0.05) is 0 Å². The van der Waals surface area contributed by atoms with Crippen molar-refractivity contribution < 1.29 is 204 Å². The maximum absolute atomic E-state index is 15.6. The van der Waals surface area contributed by atoms with Gasteiger partial charge in [0, 0.05) is 12.5 Å². The lowest BCUT2D eigenvalue weighted by molar-refractivity contribution is -0.495. The zero-order valence-corrected chi connectivity index (χ0v) is 36.7. The number of benzene rings is 1. The Kier molecular flexibility index (Phi) is 18.2. The van der Waals surface area contributed by atoms with E-state index in [-0.39, 0.29) is 13.0 Å². The normalized spacial score (nSPS) is 15.6. The number of nitrogens with zero attached hydrogens (tertiary/aromatic N) is 2. The summed E-state index contributed by atoms with van der Waals surface area (Å²) >= 11 is 0. The van der Waals surface area contributed by atoms with Crippen LogP contribution in [-0.2, 0) is 25.0 Å². The van der Waals surface area contributed by atoms with Gasteiger partial charge in [0.05, 0.1) is 5.56 Å². The molecule has 49 heteroatoms. The molecule has 0 atom stereocenters. The zero-order chi connectivity index (χ0) is 66.7. The van der Waals surface area contributed by atoms with Crippen LogP contribution in [0.2, 0.25) is 0 Å². The smallest absolute Gasteiger partial charge is 0.445 e. The highest BCUT2D eigenvalue weighted by atomic mass is 19.4. The molecule has 1 rings (SSSR count). The van der Waals surface area contributed by atoms with Crippen molar-refractivity contribution in [3.8, 4) is 0 Å². The average molecular weight is 1310 g/mol. The summed E-state index contributed by atoms with van der Waals surface area (Å²) < 4.78 is 585. The number of isocyanates is 2. The van der Waals surface area contributed by atoms with Crippen molar-refractivity contribution in [3.05, 3.63) is 22.8 Å². The summed E-state index contributed by atoms with van der Waals surface area (Å²) in [5.74, 6) is -197. The average Bonchev–Trinajstić information content (AvgIpc) is 3.28. The maximum Gasteiger partial charge on any atom is 0.460 e. The van der Waals surface area contributed by atoms with E-state index in [4.69, 9.17) is 0 Å². The van der Waals surface area contributed by atoms with Crippen molar-refractivity contribution in [1.29, 1.82) is 0 Å². The van der Waals surface area contributed by atoms with Crippen molar-refractivity contribution >= 4 is 35.4 Å². The Morgan fingerprint density at radius 1 is 0.390 bits per heavy atom. The second-order valence-electron chi connectivity index (χ2n) is 15.4. The Morgan fingerprint density at radius 3 is 0.829 bits per heavy atom. The van der Waals surface area contributed by atoms with E-state index in [9.17, 15) is 182 Å². The largest absolute Gasteiger partial charge is 0.460 e. The number of aryl methyl sites for hydroxylation is 1. The van der Waals surface area contributed by atoms with E-state index in [1.54, 1.807) is 0 Å². The first-order valence-corrected chi connectivity index (χ1v) is 18.4. The number of hydrogen-bond acceptors (Lipinski definition) is 7. The van der Waals surface area contributed by atoms with Crippen LogP contribution in [0, 0.1) is 6.92 Å².